The number of alkyl halides is 3. The Balaban J connectivity index is 2.19. The first kappa shape index (κ1) is 17.8. The molecule has 7 heteroatoms. The van der Waals surface area contributed by atoms with E-state index < -0.39 is 6.36 Å². The number of benzene rings is 2. The normalized spacial score (nSPS) is 11.6. The molecule has 0 aliphatic rings. The zero-order valence-electron chi connectivity index (χ0n) is 13.4. The van der Waals surface area contributed by atoms with Gasteiger partial charge in [0.2, 0.25) is 0 Å². The van der Waals surface area contributed by atoms with Crippen LogP contribution in [0, 0.1) is 17.4 Å². The molecular weight excluding hydrogens is 444 g/mol. The molecule has 1 aromatic heterocycles. The molecule has 0 saturated carbocycles. The lowest BCUT2D eigenvalue weighted by Crippen LogP contribution is -2.17. The number of aromatic nitrogens is 1. The van der Waals surface area contributed by atoms with E-state index in [1.807, 2.05) is 31.2 Å². The molecule has 0 atom stereocenters. The van der Waals surface area contributed by atoms with Gasteiger partial charge in [-0.2, -0.15) is 0 Å². The summed E-state index contributed by atoms with van der Waals surface area (Å²) in [6, 6.07) is 12.2. The van der Waals surface area contributed by atoms with Crippen molar-refractivity contribution in [2.24, 2.45) is 0 Å². The first-order chi connectivity index (χ1) is 11.8. The molecular formula is C18H14F3IN2O. The highest BCUT2D eigenvalue weighted by Gasteiger charge is 2.32. The predicted octanol–water partition coefficient (Wildman–Crippen LogP) is 6.10. The minimum absolute atomic E-state index is 0.175. The molecule has 130 valence electrons. The molecule has 3 aromatic rings. The Bertz CT molecular complexity index is 941. The second-order valence-electron chi connectivity index (χ2n) is 5.53. The SMILES string of the molecule is Cc1ccccc1Nc1c(I)c(C)nc2c(OC(F)(F)F)cccc12. The lowest BCUT2D eigenvalue weighted by molar-refractivity contribution is -0.274. The van der Waals surface area contributed by atoms with E-state index in [0.29, 0.717) is 16.8 Å². The van der Waals surface area contributed by atoms with Gasteiger partial charge in [0.25, 0.3) is 0 Å². The zero-order valence-corrected chi connectivity index (χ0v) is 15.6. The first-order valence-corrected chi connectivity index (χ1v) is 8.51. The Morgan fingerprint density at radius 1 is 1.04 bits per heavy atom. The summed E-state index contributed by atoms with van der Waals surface area (Å²) in [5.41, 5.74) is 3.43. The molecule has 0 saturated heterocycles. The van der Waals surface area contributed by atoms with E-state index in [1.165, 1.54) is 12.1 Å². The molecule has 0 bridgehead atoms. The second kappa shape index (κ2) is 6.70. The molecule has 0 radical (unpaired) electrons. The van der Waals surface area contributed by atoms with Crippen LogP contribution in [-0.4, -0.2) is 11.3 Å². The number of para-hydroxylation sites is 2. The van der Waals surface area contributed by atoms with Crippen LogP contribution in [0.1, 0.15) is 11.3 Å². The van der Waals surface area contributed by atoms with Crippen molar-refractivity contribution in [3.63, 3.8) is 0 Å². The van der Waals surface area contributed by atoms with Gasteiger partial charge in [0, 0.05) is 11.1 Å². The number of nitrogens with zero attached hydrogens (tertiary/aromatic N) is 1. The van der Waals surface area contributed by atoms with Crippen LogP contribution < -0.4 is 10.1 Å². The number of aryl methyl sites for hydroxylation is 2. The maximum Gasteiger partial charge on any atom is 0.573 e. The molecule has 0 spiro atoms. The second-order valence-corrected chi connectivity index (χ2v) is 6.60. The highest BCUT2D eigenvalue weighted by Crippen LogP contribution is 2.37. The minimum atomic E-state index is -4.77. The molecule has 2 aromatic carbocycles. The summed E-state index contributed by atoms with van der Waals surface area (Å²) in [7, 11) is 0. The van der Waals surface area contributed by atoms with Gasteiger partial charge >= 0.3 is 6.36 Å². The minimum Gasteiger partial charge on any atom is -0.403 e. The highest BCUT2D eigenvalue weighted by molar-refractivity contribution is 14.1. The average Bonchev–Trinajstić information content (AvgIpc) is 2.53. The van der Waals surface area contributed by atoms with Gasteiger partial charge in [-0.3, -0.25) is 0 Å². The standard InChI is InChI=1S/C18H14F3IN2O/c1-10-6-3-4-8-13(10)24-17-12-7-5-9-14(25-18(19,20)21)16(12)23-11(2)15(17)22/h3-9H,1-2H3,(H,23,24). The Morgan fingerprint density at radius 2 is 1.76 bits per heavy atom. The number of ether oxygens (including phenoxy) is 1. The van der Waals surface area contributed by atoms with Gasteiger partial charge < -0.3 is 10.1 Å². The molecule has 1 heterocycles. The summed E-state index contributed by atoms with van der Waals surface area (Å²) >= 11 is 2.14. The van der Waals surface area contributed by atoms with Gasteiger partial charge in [-0.1, -0.05) is 30.3 Å². The van der Waals surface area contributed by atoms with Gasteiger partial charge in [0.15, 0.2) is 5.75 Å². The molecule has 0 unspecified atom stereocenters. The third-order valence-corrected chi connectivity index (χ3v) is 5.04. The Labute approximate surface area is 156 Å². The van der Waals surface area contributed by atoms with E-state index in [0.717, 1.165) is 14.8 Å². The van der Waals surface area contributed by atoms with E-state index in [2.05, 4.69) is 37.6 Å². The van der Waals surface area contributed by atoms with Crippen molar-refractivity contribution in [2.45, 2.75) is 20.2 Å². The third-order valence-electron chi connectivity index (χ3n) is 3.72. The van der Waals surface area contributed by atoms with Crippen molar-refractivity contribution in [1.29, 1.82) is 0 Å². The van der Waals surface area contributed by atoms with Crippen LogP contribution in [-0.2, 0) is 0 Å². The van der Waals surface area contributed by atoms with Gasteiger partial charge in [-0.15, -0.1) is 13.2 Å². The van der Waals surface area contributed by atoms with Gasteiger partial charge in [0.05, 0.1) is 15.0 Å². The van der Waals surface area contributed by atoms with E-state index in [1.54, 1.807) is 13.0 Å². The van der Waals surface area contributed by atoms with Crippen LogP contribution in [0.5, 0.6) is 5.75 Å². The summed E-state index contributed by atoms with van der Waals surface area (Å²) in [4.78, 5) is 4.31. The average molecular weight is 458 g/mol. The number of hydrogen-bond acceptors (Lipinski definition) is 3. The monoisotopic (exact) mass is 458 g/mol. The maximum atomic E-state index is 12.7. The molecule has 0 aliphatic carbocycles. The Kier molecular flexibility index (Phi) is 4.77. The number of nitrogens with one attached hydrogen (secondary N) is 1. The van der Waals surface area contributed by atoms with E-state index in [4.69, 9.17) is 0 Å². The fourth-order valence-electron chi connectivity index (χ4n) is 2.53. The van der Waals surface area contributed by atoms with Crippen molar-refractivity contribution >= 4 is 44.9 Å². The van der Waals surface area contributed by atoms with E-state index >= 15 is 0 Å². The van der Waals surface area contributed by atoms with Crippen molar-refractivity contribution in [3.8, 4) is 5.75 Å². The number of anilines is 2. The number of fused-ring (bicyclic) bond motifs is 1. The van der Waals surface area contributed by atoms with E-state index in [9.17, 15) is 13.2 Å². The third kappa shape index (κ3) is 3.81. The van der Waals surface area contributed by atoms with Crippen molar-refractivity contribution in [1.82, 2.24) is 4.98 Å². The van der Waals surface area contributed by atoms with Gasteiger partial charge in [-0.25, -0.2) is 4.98 Å². The van der Waals surface area contributed by atoms with Crippen LogP contribution in [0.25, 0.3) is 10.9 Å². The van der Waals surface area contributed by atoms with Crippen molar-refractivity contribution in [3.05, 3.63) is 57.3 Å². The summed E-state index contributed by atoms with van der Waals surface area (Å²) in [5.74, 6) is -0.308. The molecule has 0 aliphatic heterocycles. The summed E-state index contributed by atoms with van der Waals surface area (Å²) in [6.07, 6.45) is -4.77. The zero-order chi connectivity index (χ0) is 18.2. The Morgan fingerprint density at radius 3 is 2.44 bits per heavy atom. The van der Waals surface area contributed by atoms with E-state index in [-0.39, 0.29) is 11.3 Å². The number of pyridine rings is 1. The number of rotatable bonds is 3. The van der Waals surface area contributed by atoms with Crippen LogP contribution in [0.2, 0.25) is 0 Å². The molecule has 25 heavy (non-hydrogen) atoms. The lowest BCUT2D eigenvalue weighted by atomic mass is 10.1. The molecule has 3 rings (SSSR count). The fraction of sp³-hybridized carbons (Fsp3) is 0.167. The molecule has 0 amide bonds. The summed E-state index contributed by atoms with van der Waals surface area (Å²) in [5, 5.41) is 3.90. The van der Waals surface area contributed by atoms with Crippen LogP contribution in [0.4, 0.5) is 24.5 Å². The van der Waals surface area contributed by atoms with Crippen molar-refractivity contribution < 1.29 is 17.9 Å². The first-order valence-electron chi connectivity index (χ1n) is 7.43. The number of halogens is 4. The van der Waals surface area contributed by atoms with Crippen LogP contribution in [0.3, 0.4) is 0 Å². The fourth-order valence-corrected chi connectivity index (χ4v) is 3.08. The quantitative estimate of drug-likeness (QED) is 0.482. The van der Waals surface area contributed by atoms with Crippen molar-refractivity contribution in [2.75, 3.05) is 5.32 Å². The Hall–Kier alpha value is -2.03. The largest absolute Gasteiger partial charge is 0.573 e. The summed E-state index contributed by atoms with van der Waals surface area (Å²) in [6.45, 7) is 3.72. The topological polar surface area (TPSA) is 34.2 Å². The molecule has 3 nitrogen and oxygen atoms in total. The maximum absolute atomic E-state index is 12.7. The smallest absolute Gasteiger partial charge is 0.403 e. The molecule has 0 fully saturated rings. The summed E-state index contributed by atoms with van der Waals surface area (Å²) < 4.78 is 43.0. The van der Waals surface area contributed by atoms with Crippen LogP contribution in [0.15, 0.2) is 42.5 Å². The highest BCUT2D eigenvalue weighted by atomic mass is 127. The van der Waals surface area contributed by atoms with Gasteiger partial charge in [0.1, 0.15) is 5.52 Å². The predicted molar refractivity (Wildman–Crippen MR) is 100 cm³/mol. The number of hydrogen-bond donors (Lipinski definition) is 1. The lowest BCUT2D eigenvalue weighted by Gasteiger charge is -2.17. The van der Waals surface area contributed by atoms with Crippen LogP contribution >= 0.6 is 22.6 Å². The van der Waals surface area contributed by atoms with Gasteiger partial charge in [-0.05, 0) is 54.1 Å². The molecule has 1 N–H and O–H groups in total.